The molecule has 1 aliphatic carbocycles. The van der Waals surface area contributed by atoms with Crippen LogP contribution >= 0.6 is 0 Å². The van der Waals surface area contributed by atoms with Crippen molar-refractivity contribution < 1.29 is 0 Å². The van der Waals surface area contributed by atoms with Gasteiger partial charge in [-0.25, -0.2) is 0 Å². The molecular weight excluding hydrogens is 258 g/mol. The van der Waals surface area contributed by atoms with Crippen LogP contribution in [0.2, 0.25) is 0 Å². The maximum atomic E-state index is 4.38. The van der Waals surface area contributed by atoms with Crippen molar-refractivity contribution in [3.05, 3.63) is 24.0 Å². The predicted octanol–water partition coefficient (Wildman–Crippen LogP) is 3.60. The molecule has 1 N–H and O–H groups in total. The summed E-state index contributed by atoms with van der Waals surface area (Å²) in [7, 11) is 0. The van der Waals surface area contributed by atoms with Crippen LogP contribution in [0.15, 0.2) is 18.5 Å². The first-order valence-corrected chi connectivity index (χ1v) is 8.65. The quantitative estimate of drug-likeness (QED) is 0.917. The van der Waals surface area contributed by atoms with Crippen LogP contribution in [-0.2, 0) is 6.54 Å². The molecule has 1 aromatic rings. The summed E-state index contributed by atoms with van der Waals surface area (Å²) in [5, 5.41) is 3.54. The van der Waals surface area contributed by atoms with Gasteiger partial charge in [0, 0.05) is 31.9 Å². The van der Waals surface area contributed by atoms with Gasteiger partial charge in [-0.15, -0.1) is 0 Å². The van der Waals surface area contributed by atoms with Gasteiger partial charge in [0.15, 0.2) is 0 Å². The second-order valence-corrected chi connectivity index (χ2v) is 7.08. The van der Waals surface area contributed by atoms with Gasteiger partial charge in [0.2, 0.25) is 0 Å². The summed E-state index contributed by atoms with van der Waals surface area (Å²) in [6.45, 7) is 7.80. The second-order valence-electron chi connectivity index (χ2n) is 7.08. The van der Waals surface area contributed by atoms with Crippen LogP contribution in [0.1, 0.15) is 51.5 Å². The Kier molecular flexibility index (Phi) is 4.79. The molecule has 1 saturated heterocycles. The van der Waals surface area contributed by atoms with Crippen molar-refractivity contribution in [3.8, 4) is 0 Å². The topological polar surface area (TPSA) is 28.2 Å². The number of anilines is 1. The van der Waals surface area contributed by atoms with Crippen molar-refractivity contribution >= 4 is 5.69 Å². The molecule has 1 aromatic heterocycles. The summed E-state index contributed by atoms with van der Waals surface area (Å²) in [6.07, 6.45) is 11.2. The van der Waals surface area contributed by atoms with Crippen molar-refractivity contribution in [2.24, 2.45) is 11.8 Å². The van der Waals surface area contributed by atoms with Gasteiger partial charge in [0.05, 0.1) is 11.9 Å². The molecule has 0 aromatic carbocycles. The number of aromatic nitrogens is 1. The number of pyridine rings is 1. The van der Waals surface area contributed by atoms with Crippen LogP contribution in [0, 0.1) is 11.8 Å². The van der Waals surface area contributed by atoms with E-state index in [0.29, 0.717) is 6.04 Å². The first kappa shape index (κ1) is 14.8. The Morgan fingerprint density at radius 2 is 2.05 bits per heavy atom. The van der Waals surface area contributed by atoms with E-state index >= 15 is 0 Å². The maximum Gasteiger partial charge on any atom is 0.0598 e. The Hall–Kier alpha value is -1.09. The molecule has 116 valence electrons. The fourth-order valence-corrected chi connectivity index (χ4v) is 3.98. The van der Waals surface area contributed by atoms with E-state index in [2.05, 4.69) is 41.3 Å². The summed E-state index contributed by atoms with van der Waals surface area (Å²) >= 11 is 0. The minimum absolute atomic E-state index is 0.523. The minimum Gasteiger partial charge on any atom is -0.370 e. The number of fused-ring (bicyclic) bond motifs is 1. The van der Waals surface area contributed by atoms with Crippen LogP contribution in [-0.4, -0.2) is 24.1 Å². The summed E-state index contributed by atoms with van der Waals surface area (Å²) in [5.74, 6) is 1.91. The van der Waals surface area contributed by atoms with E-state index in [9.17, 15) is 0 Å². The highest BCUT2D eigenvalue weighted by Crippen LogP contribution is 2.37. The standard InChI is InChI=1S/C18H29N3/c1-14(2)20-11-16-7-9-19-12-18(16)21-10-8-15-5-3-4-6-17(15)13-21/h7,9,12,14-15,17,20H,3-6,8,10-11,13H2,1-2H3. The van der Waals surface area contributed by atoms with Crippen LogP contribution in [0.3, 0.4) is 0 Å². The lowest BCUT2D eigenvalue weighted by molar-refractivity contribution is 0.202. The SMILES string of the molecule is CC(C)NCc1ccncc1N1CCC2CCCCC2C1. The monoisotopic (exact) mass is 287 g/mol. The molecule has 0 bridgehead atoms. The van der Waals surface area contributed by atoms with Crippen molar-refractivity contribution in [1.82, 2.24) is 10.3 Å². The van der Waals surface area contributed by atoms with Crippen molar-refractivity contribution in [2.45, 2.75) is 58.5 Å². The summed E-state index contributed by atoms with van der Waals surface area (Å²) < 4.78 is 0. The minimum atomic E-state index is 0.523. The molecule has 2 heterocycles. The highest BCUT2D eigenvalue weighted by Gasteiger charge is 2.31. The number of nitrogens with one attached hydrogen (secondary N) is 1. The van der Waals surface area contributed by atoms with E-state index in [4.69, 9.17) is 0 Å². The molecule has 2 aliphatic rings. The van der Waals surface area contributed by atoms with Crippen molar-refractivity contribution in [3.63, 3.8) is 0 Å². The molecule has 3 rings (SSSR count). The Morgan fingerprint density at radius 3 is 2.86 bits per heavy atom. The second kappa shape index (κ2) is 6.78. The Morgan fingerprint density at radius 1 is 1.24 bits per heavy atom. The van der Waals surface area contributed by atoms with Crippen LogP contribution in [0.5, 0.6) is 0 Å². The van der Waals surface area contributed by atoms with Gasteiger partial charge in [0.1, 0.15) is 0 Å². The van der Waals surface area contributed by atoms with Gasteiger partial charge in [-0.1, -0.05) is 33.1 Å². The number of nitrogens with zero attached hydrogens (tertiary/aromatic N) is 2. The van der Waals surface area contributed by atoms with Crippen LogP contribution in [0.25, 0.3) is 0 Å². The van der Waals surface area contributed by atoms with Crippen molar-refractivity contribution in [2.75, 3.05) is 18.0 Å². The third-order valence-corrected chi connectivity index (χ3v) is 5.22. The van der Waals surface area contributed by atoms with E-state index in [1.807, 2.05) is 6.20 Å². The van der Waals surface area contributed by atoms with E-state index in [1.54, 1.807) is 0 Å². The number of rotatable bonds is 4. The first-order chi connectivity index (χ1) is 10.2. The lowest BCUT2D eigenvalue weighted by atomic mass is 9.75. The molecule has 0 amide bonds. The molecule has 1 saturated carbocycles. The molecule has 21 heavy (non-hydrogen) atoms. The highest BCUT2D eigenvalue weighted by atomic mass is 15.1. The molecule has 1 aliphatic heterocycles. The van der Waals surface area contributed by atoms with E-state index in [1.165, 1.54) is 56.4 Å². The molecular formula is C18H29N3. The van der Waals surface area contributed by atoms with Crippen LogP contribution in [0.4, 0.5) is 5.69 Å². The molecule has 3 heteroatoms. The molecule has 0 spiro atoms. The number of hydrogen-bond acceptors (Lipinski definition) is 3. The molecule has 2 fully saturated rings. The Labute approximate surface area is 129 Å². The zero-order valence-electron chi connectivity index (χ0n) is 13.5. The van der Waals surface area contributed by atoms with E-state index in [-0.39, 0.29) is 0 Å². The van der Waals surface area contributed by atoms with Crippen LogP contribution < -0.4 is 10.2 Å². The zero-order valence-corrected chi connectivity index (χ0v) is 13.5. The molecule has 2 unspecified atom stereocenters. The van der Waals surface area contributed by atoms with Gasteiger partial charge in [-0.2, -0.15) is 0 Å². The van der Waals surface area contributed by atoms with E-state index < -0.39 is 0 Å². The van der Waals surface area contributed by atoms with Gasteiger partial charge >= 0.3 is 0 Å². The third kappa shape index (κ3) is 3.57. The lowest BCUT2D eigenvalue weighted by Crippen LogP contribution is -2.42. The van der Waals surface area contributed by atoms with Gasteiger partial charge < -0.3 is 10.2 Å². The summed E-state index contributed by atoms with van der Waals surface area (Å²) in [4.78, 5) is 6.98. The number of hydrogen-bond donors (Lipinski definition) is 1. The average molecular weight is 287 g/mol. The normalized spacial score (nSPS) is 26.0. The summed E-state index contributed by atoms with van der Waals surface area (Å²) in [6, 6.07) is 2.70. The zero-order chi connectivity index (χ0) is 14.7. The first-order valence-electron chi connectivity index (χ1n) is 8.65. The molecule has 2 atom stereocenters. The van der Waals surface area contributed by atoms with Crippen molar-refractivity contribution in [1.29, 1.82) is 0 Å². The number of piperidine rings is 1. The maximum absolute atomic E-state index is 4.38. The highest BCUT2D eigenvalue weighted by molar-refractivity contribution is 5.52. The smallest absolute Gasteiger partial charge is 0.0598 e. The van der Waals surface area contributed by atoms with E-state index in [0.717, 1.165) is 18.4 Å². The summed E-state index contributed by atoms with van der Waals surface area (Å²) in [5.41, 5.74) is 2.75. The van der Waals surface area contributed by atoms with Gasteiger partial charge in [0.25, 0.3) is 0 Å². The fraction of sp³-hybridized carbons (Fsp3) is 0.722. The van der Waals surface area contributed by atoms with Gasteiger partial charge in [-0.05, 0) is 36.3 Å². The largest absolute Gasteiger partial charge is 0.370 e. The fourth-order valence-electron chi connectivity index (χ4n) is 3.98. The Balaban J connectivity index is 1.71. The third-order valence-electron chi connectivity index (χ3n) is 5.22. The van der Waals surface area contributed by atoms with Gasteiger partial charge in [-0.3, -0.25) is 4.98 Å². The lowest BCUT2D eigenvalue weighted by Gasteiger charge is -2.42. The predicted molar refractivity (Wildman–Crippen MR) is 88.5 cm³/mol. The molecule has 3 nitrogen and oxygen atoms in total. The Bertz CT molecular complexity index is 458. The average Bonchev–Trinajstić information content (AvgIpc) is 2.52. The molecule has 0 radical (unpaired) electrons.